The molecule has 12 heteroatoms. The highest BCUT2D eigenvalue weighted by Crippen LogP contribution is 2.49. The highest BCUT2D eigenvalue weighted by Gasteiger charge is 2.43. The molecule has 92 heavy (non-hydrogen) atoms. The molecular formula is C80H124N3O8P. The van der Waals surface area contributed by atoms with Crippen molar-refractivity contribution in [3.8, 4) is 11.5 Å². The molecule has 0 aliphatic carbocycles. The van der Waals surface area contributed by atoms with Crippen LogP contribution in [0.25, 0.3) is 4.85 Å². The topological polar surface area (TPSA) is 100 Å². The first-order chi connectivity index (χ1) is 45.0. The fourth-order valence-corrected chi connectivity index (χ4v) is 14.1. The van der Waals surface area contributed by atoms with Gasteiger partial charge in [0.15, 0.2) is 0 Å². The van der Waals surface area contributed by atoms with Crippen molar-refractivity contribution >= 4 is 20.4 Å². The van der Waals surface area contributed by atoms with Crippen LogP contribution in [-0.2, 0) is 33.7 Å². The Morgan fingerprint density at radius 3 is 1.50 bits per heavy atom. The van der Waals surface area contributed by atoms with Gasteiger partial charge >= 0.3 is 5.97 Å². The Hall–Kier alpha value is -5.08. The lowest BCUT2D eigenvalue weighted by Crippen LogP contribution is -2.42. The minimum Gasteiger partial charge on any atom is -0.497 e. The monoisotopic (exact) mass is 1290 g/mol. The summed E-state index contributed by atoms with van der Waals surface area (Å²) in [5.74, 6) is 1.45. The van der Waals surface area contributed by atoms with Gasteiger partial charge in [0.2, 0.25) is 12.5 Å². The van der Waals surface area contributed by atoms with Crippen molar-refractivity contribution in [2.75, 3.05) is 40.5 Å². The summed E-state index contributed by atoms with van der Waals surface area (Å²) in [7, 11) is 1.79. The fraction of sp³-hybridized carbons (Fsp3) is 0.637. The molecule has 1 fully saturated rings. The molecule has 4 rings (SSSR count). The Kier molecular flexibility index (Phi) is 43.4. The van der Waals surface area contributed by atoms with Crippen LogP contribution in [0.5, 0.6) is 11.5 Å². The van der Waals surface area contributed by atoms with E-state index >= 15 is 0 Å². The maximum absolute atomic E-state index is 14.7. The number of rotatable bonds is 54. The maximum atomic E-state index is 14.7. The van der Waals surface area contributed by atoms with Gasteiger partial charge in [-0.15, -0.1) is 0 Å². The van der Waals surface area contributed by atoms with Crippen molar-refractivity contribution in [1.82, 2.24) is 9.57 Å². The molecule has 0 saturated carbocycles. The molecule has 1 heterocycles. The van der Waals surface area contributed by atoms with Gasteiger partial charge < -0.3 is 37.7 Å². The maximum Gasteiger partial charge on any atom is 0.306 e. The van der Waals surface area contributed by atoms with Crippen molar-refractivity contribution in [2.45, 2.75) is 289 Å². The van der Waals surface area contributed by atoms with E-state index in [1.54, 1.807) is 14.2 Å². The van der Waals surface area contributed by atoms with Gasteiger partial charge in [-0.25, -0.2) is 11.2 Å². The van der Waals surface area contributed by atoms with Crippen LogP contribution in [0.15, 0.2) is 127 Å². The van der Waals surface area contributed by atoms with Gasteiger partial charge in [-0.1, -0.05) is 207 Å². The van der Waals surface area contributed by atoms with E-state index in [0.717, 1.165) is 98.8 Å². The number of esters is 1. The highest BCUT2D eigenvalue weighted by molar-refractivity contribution is 7.44. The summed E-state index contributed by atoms with van der Waals surface area (Å²) >= 11 is 0. The molecule has 512 valence electrons. The summed E-state index contributed by atoms with van der Waals surface area (Å²) in [6.45, 7) is 21.6. The molecule has 1 aliphatic heterocycles. The normalized spacial score (nSPS) is 15.0. The number of likely N-dealkylation sites (tertiary alicyclic amines) is 1. The summed E-state index contributed by atoms with van der Waals surface area (Å²) in [6.07, 6.45) is 53.9. The Labute approximate surface area is 561 Å². The van der Waals surface area contributed by atoms with E-state index in [1.165, 1.54) is 116 Å². The molecule has 1 unspecified atom stereocenters. The number of allylic oxidation sites excluding steroid dienone is 8. The third kappa shape index (κ3) is 31.9. The number of unbranched alkanes of at least 4 members (excludes halogenated alkanes) is 21. The first kappa shape index (κ1) is 79.4. The number of ether oxygens (including phenoxy) is 4. The Bertz CT molecular complexity index is 2400. The largest absolute Gasteiger partial charge is 0.497 e. The SMILES string of the molecule is [C-]#[N+]CCOP(O[C@@H]1C[C@@H](COC(c2ccccc2)(c2ccc(OC)cc2)c2ccc(OC)cc2)N(C(=O)CCCCCCC(=O)OC(CCCCCCCC/C=C\C/C=C\CCCCC)CCCCCCCC/C=C\C/C=C\CCCCC)C1)N(C(C)C)C(C)C. The van der Waals surface area contributed by atoms with E-state index in [4.69, 9.17) is 34.6 Å². The van der Waals surface area contributed by atoms with Gasteiger partial charge in [-0.3, -0.25) is 9.59 Å². The standard InChI is InChI=1S/C80H124N3O8P/c1-10-12-14-16-18-20-22-24-26-28-30-32-34-36-38-45-51-76(52-46-39-37-35-33-31-29-27-25-23-21-19-17-15-13-11-2)90-79(85)54-48-41-40-47-53-78(84)82-66-77(91-92(89-64-63-81-7)83(68(3)4)69(5)6)65-73(82)67-88-80(70-49-43-42-44-50-70,71-55-59-74(86-8)60-56-71)72-57-61-75(87-9)62-58-72/h18-21,24-27,42-44,49-50,55-62,68-69,73,76-77H,10-17,22-23,28-41,45-48,51-54,63-67H2,1-6,8-9H3/b20-18-,21-19-,26-24-,27-25-/t73-,77+,92?/m0/s1. The zero-order valence-corrected chi connectivity index (χ0v) is 59.6. The quantitative estimate of drug-likeness (QED) is 0.0137. The molecule has 0 spiro atoms. The number of methoxy groups -OCH3 is 2. The zero-order valence-electron chi connectivity index (χ0n) is 58.7. The van der Waals surface area contributed by atoms with Gasteiger partial charge in [0.25, 0.3) is 8.53 Å². The smallest absolute Gasteiger partial charge is 0.306 e. The van der Waals surface area contributed by atoms with Crippen LogP contribution in [0.2, 0.25) is 0 Å². The predicted molar refractivity (Wildman–Crippen MR) is 385 cm³/mol. The minimum absolute atomic E-state index is 0.0205. The van der Waals surface area contributed by atoms with Crippen molar-refractivity contribution in [3.63, 3.8) is 0 Å². The molecule has 11 nitrogen and oxygen atoms in total. The lowest BCUT2D eigenvalue weighted by atomic mass is 9.80. The second-order valence-electron chi connectivity index (χ2n) is 25.8. The summed E-state index contributed by atoms with van der Waals surface area (Å²) < 4.78 is 40.6. The van der Waals surface area contributed by atoms with E-state index in [1.807, 2.05) is 47.4 Å². The van der Waals surface area contributed by atoms with Crippen LogP contribution in [0, 0.1) is 6.57 Å². The van der Waals surface area contributed by atoms with Crippen LogP contribution in [-0.4, -0.2) is 92.3 Å². The van der Waals surface area contributed by atoms with E-state index in [9.17, 15) is 9.59 Å². The van der Waals surface area contributed by atoms with Gasteiger partial charge in [-0.05, 0) is 178 Å². The van der Waals surface area contributed by atoms with E-state index in [-0.39, 0.29) is 62.0 Å². The highest BCUT2D eigenvalue weighted by atomic mass is 31.2. The first-order valence-electron chi connectivity index (χ1n) is 36.3. The summed E-state index contributed by atoms with van der Waals surface area (Å²) in [6, 6.07) is 26.3. The van der Waals surface area contributed by atoms with E-state index in [0.29, 0.717) is 32.2 Å². The minimum atomic E-state index is -1.54. The third-order valence-corrected chi connectivity index (χ3v) is 19.7. The molecule has 3 aromatic rings. The molecule has 0 N–H and O–H groups in total. The number of hydrogen-bond acceptors (Lipinski definition) is 9. The summed E-state index contributed by atoms with van der Waals surface area (Å²) in [5.41, 5.74) is 1.71. The molecule has 1 amide bonds. The van der Waals surface area contributed by atoms with Gasteiger partial charge in [0, 0.05) is 31.5 Å². The third-order valence-electron chi connectivity index (χ3n) is 17.5. The van der Waals surface area contributed by atoms with Crippen molar-refractivity contribution in [2.24, 2.45) is 0 Å². The van der Waals surface area contributed by atoms with Gasteiger partial charge in [0.1, 0.15) is 29.8 Å². The second kappa shape index (κ2) is 50.4. The van der Waals surface area contributed by atoms with Crippen LogP contribution < -0.4 is 9.47 Å². The van der Waals surface area contributed by atoms with Crippen molar-refractivity contribution in [1.29, 1.82) is 0 Å². The number of nitrogens with zero attached hydrogens (tertiary/aromatic N) is 3. The van der Waals surface area contributed by atoms with Crippen LogP contribution in [0.1, 0.15) is 270 Å². The Balaban J connectivity index is 1.36. The number of benzene rings is 3. The lowest BCUT2D eigenvalue weighted by Gasteiger charge is -2.38. The van der Waals surface area contributed by atoms with E-state index in [2.05, 4.69) is 136 Å². The van der Waals surface area contributed by atoms with Crippen molar-refractivity contribution < 1.29 is 37.6 Å². The molecule has 3 atom stereocenters. The molecule has 0 aromatic heterocycles. The second-order valence-corrected chi connectivity index (χ2v) is 27.2. The van der Waals surface area contributed by atoms with Gasteiger partial charge in [-0.2, -0.15) is 0 Å². The average molecular weight is 1290 g/mol. The number of amides is 1. The van der Waals surface area contributed by atoms with Crippen LogP contribution in [0.4, 0.5) is 0 Å². The van der Waals surface area contributed by atoms with Gasteiger partial charge in [0.05, 0.1) is 33.0 Å². The molecule has 0 bridgehead atoms. The predicted octanol–water partition coefficient (Wildman–Crippen LogP) is 21.9. The molecule has 1 aliphatic rings. The Morgan fingerprint density at radius 2 is 1.03 bits per heavy atom. The van der Waals surface area contributed by atoms with Crippen molar-refractivity contribution in [3.05, 3.63) is 156 Å². The molecule has 3 aromatic carbocycles. The Morgan fingerprint density at radius 1 is 0.587 bits per heavy atom. The first-order valence-corrected chi connectivity index (χ1v) is 37.4. The molecule has 0 radical (unpaired) electrons. The molecular weight excluding hydrogens is 1160 g/mol. The van der Waals surface area contributed by atoms with Crippen LogP contribution >= 0.6 is 8.53 Å². The molecule has 1 saturated heterocycles. The number of carbonyl (C=O) groups is 2. The summed E-state index contributed by atoms with van der Waals surface area (Å²) in [5, 5.41) is 0. The lowest BCUT2D eigenvalue weighted by molar-refractivity contribution is -0.150. The zero-order chi connectivity index (χ0) is 66.1. The number of carbonyl (C=O) groups excluding carboxylic acids is 2. The number of hydrogen-bond donors (Lipinski definition) is 0. The average Bonchev–Trinajstić information content (AvgIpc) is 0.815. The fourth-order valence-electron chi connectivity index (χ4n) is 12.4. The van der Waals surface area contributed by atoms with E-state index < -0.39 is 14.1 Å². The van der Waals surface area contributed by atoms with Crippen LogP contribution in [0.3, 0.4) is 0 Å². The summed E-state index contributed by atoms with van der Waals surface area (Å²) in [4.78, 5) is 33.8.